The number of carboxylic acid groups (broad SMARTS) is 1. The summed E-state index contributed by atoms with van der Waals surface area (Å²) >= 11 is 0. The Morgan fingerprint density at radius 3 is 2.04 bits per heavy atom. The van der Waals surface area contributed by atoms with Crippen molar-refractivity contribution in [3.05, 3.63) is 54.1 Å². The lowest BCUT2D eigenvalue weighted by molar-refractivity contribution is -0.139. The number of ether oxygens (including phenoxy) is 2. The number of amides is 1. The van der Waals surface area contributed by atoms with Crippen molar-refractivity contribution in [2.45, 2.75) is 0 Å². The van der Waals surface area contributed by atoms with E-state index in [9.17, 15) is 9.59 Å². The number of carboxylic acids is 1. The minimum absolute atomic E-state index is 0.306. The smallest absolute Gasteiger partial charge is 0.341 e. The average molecular weight is 317 g/mol. The van der Waals surface area contributed by atoms with Gasteiger partial charge in [-0.2, -0.15) is 0 Å². The summed E-state index contributed by atoms with van der Waals surface area (Å²) in [5, 5.41) is 19.9. The van der Waals surface area contributed by atoms with Gasteiger partial charge in [0.05, 0.1) is 0 Å². The molecule has 0 atom stereocenters. The normalized spacial score (nSPS) is 9.96. The van der Waals surface area contributed by atoms with Gasteiger partial charge in [0.1, 0.15) is 11.5 Å². The van der Waals surface area contributed by atoms with E-state index in [2.05, 4.69) is 5.32 Å². The predicted octanol–water partition coefficient (Wildman–Crippen LogP) is 1.73. The molecule has 1 amide bonds. The summed E-state index contributed by atoms with van der Waals surface area (Å²) in [6.07, 6.45) is 0. The van der Waals surface area contributed by atoms with Crippen molar-refractivity contribution in [1.82, 2.24) is 0 Å². The highest BCUT2D eigenvalue weighted by atomic mass is 16.6. The SMILES string of the molecule is O=C(O)COc1ccc(NC(=O)c2ccc(OCO)cc2)cc1. The topological polar surface area (TPSA) is 105 Å². The van der Waals surface area contributed by atoms with E-state index in [1.54, 1.807) is 48.5 Å². The van der Waals surface area contributed by atoms with Crippen LogP contribution in [0, 0.1) is 0 Å². The highest BCUT2D eigenvalue weighted by Gasteiger charge is 2.07. The van der Waals surface area contributed by atoms with E-state index in [1.807, 2.05) is 0 Å². The Morgan fingerprint density at radius 1 is 0.913 bits per heavy atom. The number of benzene rings is 2. The van der Waals surface area contributed by atoms with E-state index in [4.69, 9.17) is 19.7 Å². The van der Waals surface area contributed by atoms with Gasteiger partial charge in [0.25, 0.3) is 5.91 Å². The van der Waals surface area contributed by atoms with Crippen LogP contribution in [-0.2, 0) is 4.79 Å². The van der Waals surface area contributed by atoms with Crippen molar-refractivity contribution in [3.63, 3.8) is 0 Å². The Bertz CT molecular complexity index is 666. The number of carbonyl (C=O) groups excluding carboxylic acids is 1. The third kappa shape index (κ3) is 5.01. The second-order valence-electron chi connectivity index (χ2n) is 4.46. The first kappa shape index (κ1) is 16.3. The number of hydrogen-bond acceptors (Lipinski definition) is 5. The summed E-state index contributed by atoms with van der Waals surface area (Å²) in [6.45, 7) is -0.851. The molecule has 2 rings (SSSR count). The summed E-state index contributed by atoms with van der Waals surface area (Å²) in [4.78, 5) is 22.5. The molecule has 3 N–H and O–H groups in total. The minimum atomic E-state index is -1.06. The molecule has 23 heavy (non-hydrogen) atoms. The third-order valence-corrected chi connectivity index (χ3v) is 2.82. The molecule has 0 aliphatic heterocycles. The van der Waals surface area contributed by atoms with Crippen LogP contribution in [0.3, 0.4) is 0 Å². The fourth-order valence-corrected chi connectivity index (χ4v) is 1.76. The van der Waals surface area contributed by atoms with E-state index < -0.39 is 19.4 Å². The number of rotatable bonds is 7. The number of anilines is 1. The van der Waals surface area contributed by atoms with Crippen molar-refractivity contribution < 1.29 is 29.3 Å². The molecule has 0 bridgehead atoms. The van der Waals surface area contributed by atoms with Crippen LogP contribution < -0.4 is 14.8 Å². The molecule has 0 radical (unpaired) electrons. The molecule has 2 aromatic rings. The lowest BCUT2D eigenvalue weighted by Crippen LogP contribution is -2.12. The molecule has 7 nitrogen and oxygen atoms in total. The van der Waals surface area contributed by atoms with Crippen molar-refractivity contribution in [2.75, 3.05) is 18.7 Å². The lowest BCUT2D eigenvalue weighted by atomic mass is 10.2. The lowest BCUT2D eigenvalue weighted by Gasteiger charge is -2.08. The molecular weight excluding hydrogens is 302 g/mol. The summed E-state index contributed by atoms with van der Waals surface area (Å²) in [5.74, 6) is -0.504. The van der Waals surface area contributed by atoms with Crippen LogP contribution in [-0.4, -0.2) is 35.5 Å². The second-order valence-corrected chi connectivity index (χ2v) is 4.46. The predicted molar refractivity (Wildman–Crippen MR) is 81.7 cm³/mol. The number of aliphatic hydroxyl groups is 1. The zero-order valence-corrected chi connectivity index (χ0v) is 12.1. The summed E-state index contributed by atoms with van der Waals surface area (Å²) in [5.41, 5.74) is 0.981. The van der Waals surface area contributed by atoms with Crippen LogP contribution >= 0.6 is 0 Å². The van der Waals surface area contributed by atoms with E-state index >= 15 is 0 Å². The maximum absolute atomic E-state index is 12.1. The molecule has 0 spiro atoms. The molecule has 0 heterocycles. The standard InChI is InChI=1S/C16H15NO6/c18-10-23-14-5-1-11(2-6-14)16(21)17-12-3-7-13(8-4-12)22-9-15(19)20/h1-8,18H,9-10H2,(H,17,21)(H,19,20). The molecule has 0 aliphatic rings. The molecule has 120 valence electrons. The highest BCUT2D eigenvalue weighted by Crippen LogP contribution is 2.17. The zero-order chi connectivity index (χ0) is 16.7. The second kappa shape index (κ2) is 7.81. The van der Waals surface area contributed by atoms with Crippen molar-refractivity contribution >= 4 is 17.6 Å². The van der Waals surface area contributed by atoms with Crippen LogP contribution in [0.1, 0.15) is 10.4 Å². The summed E-state index contributed by atoms with van der Waals surface area (Å²) in [6, 6.07) is 12.7. The molecule has 0 aliphatic carbocycles. The van der Waals surface area contributed by atoms with Gasteiger partial charge in [0.2, 0.25) is 0 Å². The van der Waals surface area contributed by atoms with E-state index in [0.29, 0.717) is 22.7 Å². The Hall–Kier alpha value is -3.06. The van der Waals surface area contributed by atoms with Crippen molar-refractivity contribution in [3.8, 4) is 11.5 Å². The molecule has 0 unspecified atom stereocenters. The van der Waals surface area contributed by atoms with Crippen LogP contribution in [0.2, 0.25) is 0 Å². The molecule has 0 saturated heterocycles. The molecular formula is C16H15NO6. The van der Waals surface area contributed by atoms with Gasteiger partial charge in [-0.3, -0.25) is 4.79 Å². The maximum Gasteiger partial charge on any atom is 0.341 e. The van der Waals surface area contributed by atoms with Crippen LogP contribution in [0.15, 0.2) is 48.5 Å². The van der Waals surface area contributed by atoms with Gasteiger partial charge >= 0.3 is 5.97 Å². The highest BCUT2D eigenvalue weighted by molar-refractivity contribution is 6.04. The molecule has 2 aromatic carbocycles. The van der Waals surface area contributed by atoms with E-state index in [1.165, 1.54) is 0 Å². The Balaban J connectivity index is 1.95. The van der Waals surface area contributed by atoms with Crippen LogP contribution in [0.4, 0.5) is 5.69 Å². The number of carbonyl (C=O) groups is 2. The Kier molecular flexibility index (Phi) is 5.54. The number of hydrogen-bond donors (Lipinski definition) is 3. The average Bonchev–Trinajstić information content (AvgIpc) is 2.55. The Morgan fingerprint density at radius 2 is 1.48 bits per heavy atom. The van der Waals surface area contributed by atoms with Gasteiger partial charge in [-0.25, -0.2) is 4.79 Å². The van der Waals surface area contributed by atoms with Gasteiger partial charge in [-0.1, -0.05) is 0 Å². The molecule has 7 heteroatoms. The van der Waals surface area contributed by atoms with Crippen LogP contribution in [0.25, 0.3) is 0 Å². The van der Waals surface area contributed by atoms with Gasteiger partial charge < -0.3 is 25.0 Å². The van der Waals surface area contributed by atoms with Gasteiger partial charge in [0.15, 0.2) is 13.4 Å². The van der Waals surface area contributed by atoms with Crippen molar-refractivity contribution in [1.29, 1.82) is 0 Å². The zero-order valence-electron chi connectivity index (χ0n) is 12.1. The fourth-order valence-electron chi connectivity index (χ4n) is 1.76. The maximum atomic E-state index is 12.1. The summed E-state index contributed by atoms with van der Waals surface area (Å²) in [7, 11) is 0. The van der Waals surface area contributed by atoms with E-state index in [-0.39, 0.29) is 5.91 Å². The van der Waals surface area contributed by atoms with Gasteiger partial charge in [-0.15, -0.1) is 0 Å². The molecule has 0 fully saturated rings. The molecule has 0 saturated carbocycles. The fraction of sp³-hybridized carbons (Fsp3) is 0.125. The minimum Gasteiger partial charge on any atom is -0.482 e. The van der Waals surface area contributed by atoms with Crippen LogP contribution in [0.5, 0.6) is 11.5 Å². The van der Waals surface area contributed by atoms with E-state index in [0.717, 1.165) is 0 Å². The van der Waals surface area contributed by atoms with Crippen molar-refractivity contribution in [2.24, 2.45) is 0 Å². The Labute approximate surface area is 132 Å². The number of aliphatic carboxylic acids is 1. The monoisotopic (exact) mass is 317 g/mol. The molecule has 0 aromatic heterocycles. The van der Waals surface area contributed by atoms with Gasteiger partial charge in [-0.05, 0) is 48.5 Å². The first-order chi connectivity index (χ1) is 11.1. The summed E-state index contributed by atoms with van der Waals surface area (Å²) < 4.78 is 9.88. The number of aliphatic hydroxyl groups excluding tert-OH is 1. The largest absolute Gasteiger partial charge is 0.482 e. The number of nitrogens with one attached hydrogen (secondary N) is 1. The quantitative estimate of drug-likeness (QED) is 0.672. The van der Waals surface area contributed by atoms with Gasteiger partial charge in [0, 0.05) is 11.3 Å². The first-order valence-electron chi connectivity index (χ1n) is 6.68. The third-order valence-electron chi connectivity index (χ3n) is 2.82. The first-order valence-corrected chi connectivity index (χ1v) is 6.68.